The molecule has 0 spiro atoms. The fourth-order valence-corrected chi connectivity index (χ4v) is 1.97. The highest BCUT2D eigenvalue weighted by Gasteiger charge is 2.44. The fourth-order valence-electron chi connectivity index (χ4n) is 1.97. The Bertz CT molecular complexity index is 179. The summed E-state index contributed by atoms with van der Waals surface area (Å²) in [6, 6.07) is 0. The average molecular weight is 172 g/mol. The molecule has 0 aromatic rings. The van der Waals surface area contributed by atoms with Gasteiger partial charge < -0.3 is 9.84 Å². The van der Waals surface area contributed by atoms with E-state index in [9.17, 15) is 9.90 Å². The fraction of sp³-hybridized carbons (Fsp3) is 0.889. The first-order chi connectivity index (χ1) is 5.64. The Balaban J connectivity index is 2.70. The van der Waals surface area contributed by atoms with Gasteiger partial charge in [0, 0.05) is 0 Å². The van der Waals surface area contributed by atoms with Crippen molar-refractivity contribution in [1.29, 1.82) is 0 Å². The molecule has 1 fully saturated rings. The van der Waals surface area contributed by atoms with Crippen molar-refractivity contribution in [2.45, 2.75) is 38.7 Å². The zero-order valence-corrected chi connectivity index (χ0v) is 7.67. The molecule has 3 nitrogen and oxygen atoms in total. The summed E-state index contributed by atoms with van der Waals surface area (Å²) in [7, 11) is 1.41. The lowest BCUT2D eigenvalue weighted by Crippen LogP contribution is -2.29. The van der Waals surface area contributed by atoms with Gasteiger partial charge in [0.15, 0.2) is 0 Å². The predicted molar refractivity (Wildman–Crippen MR) is 44.6 cm³/mol. The Morgan fingerprint density at radius 2 is 2.42 bits per heavy atom. The van der Waals surface area contributed by atoms with Gasteiger partial charge in [0.05, 0.1) is 18.6 Å². The first-order valence-corrected chi connectivity index (χ1v) is 4.41. The van der Waals surface area contributed by atoms with Gasteiger partial charge in [-0.1, -0.05) is 6.92 Å². The van der Waals surface area contributed by atoms with E-state index < -0.39 is 5.41 Å². The van der Waals surface area contributed by atoms with Gasteiger partial charge in [-0.25, -0.2) is 0 Å². The second-order valence-electron chi connectivity index (χ2n) is 3.52. The van der Waals surface area contributed by atoms with E-state index in [4.69, 9.17) is 4.74 Å². The molecular formula is C9H16O3. The molecule has 1 aliphatic rings. The summed E-state index contributed by atoms with van der Waals surface area (Å²) in [6.45, 7) is 1.97. The summed E-state index contributed by atoms with van der Waals surface area (Å²) in [5, 5.41) is 9.33. The summed E-state index contributed by atoms with van der Waals surface area (Å²) in [5.41, 5.74) is -0.395. The van der Waals surface area contributed by atoms with Crippen LogP contribution in [0.4, 0.5) is 0 Å². The van der Waals surface area contributed by atoms with Crippen LogP contribution < -0.4 is 0 Å². The number of esters is 1. The van der Waals surface area contributed by atoms with Crippen molar-refractivity contribution in [2.75, 3.05) is 7.11 Å². The molecule has 3 heteroatoms. The molecule has 1 N–H and O–H groups in total. The Morgan fingerprint density at radius 3 is 2.75 bits per heavy atom. The van der Waals surface area contributed by atoms with Crippen molar-refractivity contribution in [3.63, 3.8) is 0 Å². The van der Waals surface area contributed by atoms with Gasteiger partial charge in [0.2, 0.25) is 0 Å². The van der Waals surface area contributed by atoms with E-state index in [0.717, 1.165) is 19.3 Å². The maximum Gasteiger partial charge on any atom is 0.311 e. The normalized spacial score (nSPS) is 35.1. The van der Waals surface area contributed by atoms with Crippen LogP contribution in [0.25, 0.3) is 0 Å². The van der Waals surface area contributed by atoms with Crippen LogP contribution in [-0.4, -0.2) is 24.3 Å². The zero-order valence-electron chi connectivity index (χ0n) is 7.67. The summed E-state index contributed by atoms with van der Waals surface area (Å²) in [4.78, 5) is 11.4. The second kappa shape index (κ2) is 3.44. The molecule has 0 heterocycles. The SMILES string of the molecule is CC[C@]1(C(=O)OC)CC[C@@H](O)C1. The molecule has 70 valence electrons. The molecule has 1 rings (SSSR count). The Morgan fingerprint density at radius 1 is 1.75 bits per heavy atom. The van der Waals surface area contributed by atoms with E-state index in [-0.39, 0.29) is 12.1 Å². The molecule has 0 aliphatic heterocycles. The van der Waals surface area contributed by atoms with Crippen LogP contribution in [-0.2, 0) is 9.53 Å². The molecule has 0 aromatic heterocycles. The average Bonchev–Trinajstić information content (AvgIpc) is 2.47. The minimum Gasteiger partial charge on any atom is -0.469 e. The third-order valence-electron chi connectivity index (χ3n) is 2.88. The molecule has 0 saturated heterocycles. The van der Waals surface area contributed by atoms with Crippen LogP contribution in [0.3, 0.4) is 0 Å². The van der Waals surface area contributed by atoms with E-state index in [2.05, 4.69) is 0 Å². The van der Waals surface area contributed by atoms with Crippen molar-refractivity contribution in [3.8, 4) is 0 Å². The summed E-state index contributed by atoms with van der Waals surface area (Å²) in [6.07, 6.45) is 2.50. The van der Waals surface area contributed by atoms with Crippen LogP contribution >= 0.6 is 0 Å². The standard InChI is InChI=1S/C9H16O3/c1-3-9(8(11)12-2)5-4-7(10)6-9/h7,10H,3-6H2,1-2H3/t7-,9+/m1/s1. The molecule has 2 atom stereocenters. The third kappa shape index (κ3) is 1.46. The largest absolute Gasteiger partial charge is 0.469 e. The number of hydrogen-bond acceptors (Lipinski definition) is 3. The lowest BCUT2D eigenvalue weighted by atomic mass is 9.83. The smallest absolute Gasteiger partial charge is 0.311 e. The lowest BCUT2D eigenvalue weighted by Gasteiger charge is -2.23. The molecular weight excluding hydrogens is 156 g/mol. The van der Waals surface area contributed by atoms with Gasteiger partial charge in [-0.05, 0) is 25.7 Å². The van der Waals surface area contributed by atoms with Crippen molar-refractivity contribution in [3.05, 3.63) is 0 Å². The summed E-state index contributed by atoms with van der Waals surface area (Å²) < 4.78 is 4.73. The topological polar surface area (TPSA) is 46.5 Å². The van der Waals surface area contributed by atoms with Crippen molar-refractivity contribution in [2.24, 2.45) is 5.41 Å². The highest BCUT2D eigenvalue weighted by atomic mass is 16.5. The maximum absolute atomic E-state index is 11.4. The van der Waals surface area contributed by atoms with Crippen LogP contribution in [0.5, 0.6) is 0 Å². The van der Waals surface area contributed by atoms with Crippen molar-refractivity contribution < 1.29 is 14.6 Å². The molecule has 1 aliphatic carbocycles. The minimum atomic E-state index is -0.395. The Labute approximate surface area is 72.7 Å². The number of aliphatic hydroxyl groups is 1. The maximum atomic E-state index is 11.4. The van der Waals surface area contributed by atoms with Crippen molar-refractivity contribution in [1.82, 2.24) is 0 Å². The zero-order chi connectivity index (χ0) is 9.19. The monoisotopic (exact) mass is 172 g/mol. The predicted octanol–water partition coefficient (Wildman–Crippen LogP) is 1.10. The van der Waals surface area contributed by atoms with E-state index in [0.29, 0.717) is 6.42 Å². The Hall–Kier alpha value is -0.570. The number of methoxy groups -OCH3 is 1. The molecule has 0 radical (unpaired) electrons. The lowest BCUT2D eigenvalue weighted by molar-refractivity contribution is -0.153. The number of ether oxygens (including phenoxy) is 1. The van der Waals surface area contributed by atoms with Gasteiger partial charge in [-0.3, -0.25) is 4.79 Å². The van der Waals surface area contributed by atoms with E-state index in [1.54, 1.807) is 0 Å². The number of carbonyl (C=O) groups is 1. The van der Waals surface area contributed by atoms with Crippen LogP contribution in [0.15, 0.2) is 0 Å². The third-order valence-corrected chi connectivity index (χ3v) is 2.88. The van der Waals surface area contributed by atoms with Gasteiger partial charge >= 0.3 is 5.97 Å². The van der Waals surface area contributed by atoms with Crippen LogP contribution in [0.1, 0.15) is 32.6 Å². The first kappa shape index (κ1) is 9.52. The molecule has 12 heavy (non-hydrogen) atoms. The molecule has 1 saturated carbocycles. The number of hydrogen-bond donors (Lipinski definition) is 1. The van der Waals surface area contributed by atoms with E-state index >= 15 is 0 Å². The van der Waals surface area contributed by atoms with Crippen LogP contribution in [0.2, 0.25) is 0 Å². The summed E-state index contributed by atoms with van der Waals surface area (Å²) >= 11 is 0. The van der Waals surface area contributed by atoms with E-state index in [1.807, 2.05) is 6.92 Å². The van der Waals surface area contributed by atoms with Gasteiger partial charge in [0.1, 0.15) is 0 Å². The van der Waals surface area contributed by atoms with Gasteiger partial charge in [0.25, 0.3) is 0 Å². The molecule has 0 aromatic carbocycles. The quantitative estimate of drug-likeness (QED) is 0.634. The molecule has 0 unspecified atom stereocenters. The number of aliphatic hydroxyl groups excluding tert-OH is 1. The Kier molecular flexibility index (Phi) is 2.73. The van der Waals surface area contributed by atoms with E-state index in [1.165, 1.54) is 7.11 Å². The van der Waals surface area contributed by atoms with Crippen LogP contribution in [0, 0.1) is 5.41 Å². The minimum absolute atomic E-state index is 0.165. The number of rotatable bonds is 2. The van der Waals surface area contributed by atoms with Gasteiger partial charge in [-0.15, -0.1) is 0 Å². The first-order valence-electron chi connectivity index (χ1n) is 4.41. The second-order valence-corrected chi connectivity index (χ2v) is 3.52. The van der Waals surface area contributed by atoms with Gasteiger partial charge in [-0.2, -0.15) is 0 Å². The molecule has 0 bridgehead atoms. The van der Waals surface area contributed by atoms with Crippen molar-refractivity contribution >= 4 is 5.97 Å². The highest BCUT2D eigenvalue weighted by molar-refractivity contribution is 5.77. The highest BCUT2D eigenvalue weighted by Crippen LogP contribution is 2.41. The summed E-state index contributed by atoms with van der Waals surface area (Å²) in [5.74, 6) is -0.165. The number of carbonyl (C=O) groups excluding carboxylic acids is 1. The molecule has 0 amide bonds.